The molecule has 162 valence electrons. The van der Waals surface area contributed by atoms with Gasteiger partial charge in [-0.2, -0.15) is 5.10 Å². The number of hydrogen-bond donors (Lipinski definition) is 2. The molecule has 2 unspecified atom stereocenters. The van der Waals surface area contributed by atoms with E-state index >= 15 is 0 Å². The van der Waals surface area contributed by atoms with Crippen molar-refractivity contribution in [3.8, 4) is 0 Å². The highest BCUT2D eigenvalue weighted by Gasteiger charge is 2.17. The number of fused-ring (bicyclic) bond motifs is 1. The Balaban J connectivity index is 0.00000320. The molecule has 0 bridgehead atoms. The van der Waals surface area contributed by atoms with E-state index in [0.717, 1.165) is 12.5 Å². The summed E-state index contributed by atoms with van der Waals surface area (Å²) in [5.74, 6) is 0.823. The van der Waals surface area contributed by atoms with E-state index in [1.54, 1.807) is 0 Å². The number of nitrogens with zero attached hydrogens (tertiary/aromatic N) is 4. The first-order valence-electron chi connectivity index (χ1n) is 10.2. The van der Waals surface area contributed by atoms with Gasteiger partial charge in [-0.05, 0) is 44.3 Å². The van der Waals surface area contributed by atoms with Crippen molar-refractivity contribution < 1.29 is 0 Å². The Bertz CT molecular complexity index is 960. The zero-order chi connectivity index (χ0) is 20.8. The molecule has 1 heterocycles. The molecule has 0 spiro atoms. The van der Waals surface area contributed by atoms with Crippen LogP contribution in [0.3, 0.4) is 0 Å². The third kappa shape index (κ3) is 5.95. The summed E-state index contributed by atoms with van der Waals surface area (Å²) in [6.07, 6.45) is 3.97. The molecule has 30 heavy (non-hydrogen) atoms. The normalized spacial score (nSPS) is 13.7. The molecular weight excluding hydrogens is 487 g/mol. The number of aromatic nitrogens is 2. The van der Waals surface area contributed by atoms with E-state index in [1.165, 1.54) is 21.9 Å². The molecule has 0 amide bonds. The Kier molecular flexibility index (Phi) is 9.10. The molecule has 0 fully saturated rings. The van der Waals surface area contributed by atoms with Gasteiger partial charge in [-0.25, -0.2) is 0 Å². The molecule has 0 aliphatic rings. The number of rotatable bonds is 7. The summed E-state index contributed by atoms with van der Waals surface area (Å²) < 4.78 is 1.83. The van der Waals surface area contributed by atoms with Crippen molar-refractivity contribution in [2.45, 2.75) is 25.9 Å². The Hall–Kier alpha value is -2.13. The maximum Gasteiger partial charge on any atom is 0.191 e. The van der Waals surface area contributed by atoms with Crippen LogP contribution in [0.25, 0.3) is 10.8 Å². The van der Waals surface area contributed by atoms with E-state index in [1.807, 2.05) is 17.9 Å². The maximum atomic E-state index is 4.88. The van der Waals surface area contributed by atoms with E-state index in [9.17, 15) is 0 Å². The fraction of sp³-hybridized carbons (Fsp3) is 0.391. The number of likely N-dealkylation sites (N-methyl/N-ethyl adjacent to an activating group) is 1. The van der Waals surface area contributed by atoms with Crippen molar-refractivity contribution in [2.24, 2.45) is 12.0 Å². The second kappa shape index (κ2) is 11.3. The molecule has 6 nitrogen and oxygen atoms in total. The van der Waals surface area contributed by atoms with E-state index in [0.29, 0.717) is 6.54 Å². The lowest BCUT2D eigenvalue weighted by atomic mass is 10.00. The van der Waals surface area contributed by atoms with Crippen molar-refractivity contribution in [3.05, 3.63) is 66.0 Å². The summed E-state index contributed by atoms with van der Waals surface area (Å²) in [5.41, 5.74) is 2.43. The van der Waals surface area contributed by atoms with Crippen LogP contribution in [-0.4, -0.2) is 47.8 Å². The molecule has 0 radical (unpaired) electrons. The van der Waals surface area contributed by atoms with Crippen molar-refractivity contribution in [1.82, 2.24) is 25.3 Å². The first-order chi connectivity index (χ1) is 14.0. The number of guanidine groups is 1. The highest BCUT2D eigenvalue weighted by atomic mass is 127. The minimum absolute atomic E-state index is 0. The number of aryl methyl sites for hydroxylation is 1. The molecule has 2 N–H and O–H groups in total. The molecule has 3 aromatic rings. The molecule has 3 rings (SSSR count). The number of halogens is 1. The zero-order valence-electron chi connectivity index (χ0n) is 18.5. The molecule has 2 atom stereocenters. The minimum Gasteiger partial charge on any atom is -0.357 e. The predicted octanol–water partition coefficient (Wildman–Crippen LogP) is 4.11. The highest BCUT2D eigenvalue weighted by molar-refractivity contribution is 14.0. The fourth-order valence-electron chi connectivity index (χ4n) is 3.59. The molecule has 0 saturated carbocycles. The van der Waals surface area contributed by atoms with Crippen LogP contribution in [0.5, 0.6) is 0 Å². The largest absolute Gasteiger partial charge is 0.357 e. The average molecular weight is 520 g/mol. The molecule has 0 saturated heterocycles. The van der Waals surface area contributed by atoms with E-state index < -0.39 is 0 Å². The lowest BCUT2D eigenvalue weighted by molar-refractivity contribution is 0.306. The van der Waals surface area contributed by atoms with Crippen LogP contribution >= 0.6 is 24.0 Å². The SMILES string of the molecule is CCNC(=NCC(c1cnn(C)c1)N(C)C)NC(C)c1cccc2ccccc12.I. The Labute approximate surface area is 196 Å². The number of hydrogen-bond acceptors (Lipinski definition) is 3. The van der Waals surface area contributed by atoms with Gasteiger partial charge in [0.2, 0.25) is 0 Å². The molecule has 2 aromatic carbocycles. The van der Waals surface area contributed by atoms with Crippen molar-refractivity contribution >= 4 is 40.7 Å². The zero-order valence-corrected chi connectivity index (χ0v) is 20.8. The van der Waals surface area contributed by atoms with Gasteiger partial charge in [0.25, 0.3) is 0 Å². The number of aliphatic imine (C=N–C) groups is 1. The van der Waals surface area contributed by atoms with E-state index in [4.69, 9.17) is 4.99 Å². The van der Waals surface area contributed by atoms with Gasteiger partial charge < -0.3 is 15.5 Å². The van der Waals surface area contributed by atoms with E-state index in [-0.39, 0.29) is 36.1 Å². The van der Waals surface area contributed by atoms with Gasteiger partial charge in [-0.15, -0.1) is 24.0 Å². The van der Waals surface area contributed by atoms with Gasteiger partial charge in [0.15, 0.2) is 5.96 Å². The standard InChI is InChI=1S/C23H32N6.HI/c1-6-24-23(25-15-22(28(3)4)19-14-26-29(5)16-19)27-17(2)20-13-9-11-18-10-7-8-12-21(18)20;/h7-14,16-17,22H,6,15H2,1-5H3,(H2,24,25,27);1H. The maximum absolute atomic E-state index is 4.88. The molecule has 7 heteroatoms. The number of nitrogens with one attached hydrogen (secondary N) is 2. The quantitative estimate of drug-likeness (QED) is 0.280. The Morgan fingerprint density at radius 2 is 1.90 bits per heavy atom. The summed E-state index contributed by atoms with van der Waals surface area (Å²) in [7, 11) is 6.09. The summed E-state index contributed by atoms with van der Waals surface area (Å²) in [4.78, 5) is 7.06. The molecule has 0 aliphatic carbocycles. The third-order valence-electron chi connectivity index (χ3n) is 5.14. The second-order valence-electron chi connectivity index (χ2n) is 7.58. The summed E-state index contributed by atoms with van der Waals surface area (Å²) in [6, 6.07) is 15.3. The third-order valence-corrected chi connectivity index (χ3v) is 5.14. The average Bonchev–Trinajstić information content (AvgIpc) is 3.13. The Morgan fingerprint density at radius 3 is 2.57 bits per heavy atom. The van der Waals surface area contributed by atoms with Crippen LogP contribution in [0.1, 0.15) is 37.1 Å². The van der Waals surface area contributed by atoms with Crippen molar-refractivity contribution in [2.75, 3.05) is 27.2 Å². The monoisotopic (exact) mass is 520 g/mol. The van der Waals surface area contributed by atoms with Gasteiger partial charge in [0, 0.05) is 25.4 Å². The Morgan fingerprint density at radius 1 is 1.17 bits per heavy atom. The smallest absolute Gasteiger partial charge is 0.191 e. The number of benzene rings is 2. The van der Waals surface area contributed by atoms with Crippen LogP contribution in [0.15, 0.2) is 59.9 Å². The van der Waals surface area contributed by atoms with Crippen molar-refractivity contribution in [1.29, 1.82) is 0 Å². The first kappa shape index (κ1) is 24.1. The lowest BCUT2D eigenvalue weighted by Crippen LogP contribution is -2.39. The summed E-state index contributed by atoms with van der Waals surface area (Å²) >= 11 is 0. The van der Waals surface area contributed by atoms with Crippen LogP contribution < -0.4 is 10.6 Å². The first-order valence-corrected chi connectivity index (χ1v) is 10.2. The molecular formula is C23H33IN6. The fourth-order valence-corrected chi connectivity index (χ4v) is 3.59. The van der Waals surface area contributed by atoms with Crippen LogP contribution in [0, 0.1) is 0 Å². The molecule has 0 aliphatic heterocycles. The lowest BCUT2D eigenvalue weighted by Gasteiger charge is -2.23. The van der Waals surface area contributed by atoms with Gasteiger partial charge >= 0.3 is 0 Å². The van der Waals surface area contributed by atoms with Gasteiger partial charge in [-0.1, -0.05) is 42.5 Å². The molecule has 1 aromatic heterocycles. The van der Waals surface area contributed by atoms with Gasteiger partial charge in [0.05, 0.1) is 24.8 Å². The minimum atomic E-state index is 0. The van der Waals surface area contributed by atoms with Gasteiger partial charge in [-0.3, -0.25) is 9.67 Å². The highest BCUT2D eigenvalue weighted by Crippen LogP contribution is 2.24. The van der Waals surface area contributed by atoms with Gasteiger partial charge in [0.1, 0.15) is 0 Å². The van der Waals surface area contributed by atoms with E-state index in [2.05, 4.69) is 97.2 Å². The van der Waals surface area contributed by atoms with Crippen LogP contribution in [-0.2, 0) is 7.05 Å². The predicted molar refractivity (Wildman–Crippen MR) is 137 cm³/mol. The summed E-state index contributed by atoms with van der Waals surface area (Å²) in [6.45, 7) is 5.73. The summed E-state index contributed by atoms with van der Waals surface area (Å²) in [5, 5.41) is 13.8. The second-order valence-corrected chi connectivity index (χ2v) is 7.58. The van der Waals surface area contributed by atoms with Crippen LogP contribution in [0.4, 0.5) is 0 Å². The topological polar surface area (TPSA) is 57.5 Å². The van der Waals surface area contributed by atoms with Crippen molar-refractivity contribution in [3.63, 3.8) is 0 Å². The van der Waals surface area contributed by atoms with Crippen LogP contribution in [0.2, 0.25) is 0 Å².